The van der Waals surface area contributed by atoms with E-state index in [1.54, 1.807) is 0 Å². The van der Waals surface area contributed by atoms with E-state index < -0.39 is 0 Å². The molecule has 2 aliphatic rings. The minimum Gasteiger partial charge on any atom is -0.486 e. The van der Waals surface area contributed by atoms with Crippen LogP contribution in [0.3, 0.4) is 0 Å². The Morgan fingerprint density at radius 1 is 1.37 bits per heavy atom. The highest BCUT2D eigenvalue weighted by atomic mass is 16.6. The van der Waals surface area contributed by atoms with Crippen molar-refractivity contribution in [3.05, 3.63) is 23.8 Å². The van der Waals surface area contributed by atoms with E-state index in [4.69, 9.17) is 15.2 Å². The summed E-state index contributed by atoms with van der Waals surface area (Å²) < 4.78 is 11.3. The fourth-order valence-corrected chi connectivity index (χ4v) is 2.86. The average Bonchev–Trinajstić information content (AvgIpc) is 2.95. The Bertz CT molecular complexity index is 490. The molecule has 1 atom stereocenters. The summed E-state index contributed by atoms with van der Waals surface area (Å²) in [5, 5.41) is 0. The third kappa shape index (κ3) is 2.14. The van der Waals surface area contributed by atoms with Crippen molar-refractivity contribution in [1.29, 1.82) is 0 Å². The lowest BCUT2D eigenvalue weighted by Crippen LogP contribution is -2.35. The molecule has 1 saturated heterocycles. The first-order valence-corrected chi connectivity index (χ1v) is 6.69. The van der Waals surface area contributed by atoms with E-state index in [9.17, 15) is 4.79 Å². The molecule has 2 heterocycles. The smallest absolute Gasteiger partial charge is 0.236 e. The van der Waals surface area contributed by atoms with Gasteiger partial charge in [-0.2, -0.15) is 0 Å². The number of nitrogens with two attached hydrogens (primary N) is 1. The van der Waals surface area contributed by atoms with E-state index in [-0.39, 0.29) is 18.5 Å². The predicted molar refractivity (Wildman–Crippen MR) is 70.2 cm³/mol. The number of carbonyl (C=O) groups is 1. The lowest BCUT2D eigenvalue weighted by Gasteiger charge is -2.28. The van der Waals surface area contributed by atoms with Crippen LogP contribution in [0.4, 0.5) is 0 Å². The second-order valence-electron chi connectivity index (χ2n) is 4.82. The van der Waals surface area contributed by atoms with Crippen LogP contribution >= 0.6 is 0 Å². The molecule has 1 fully saturated rings. The first-order chi connectivity index (χ1) is 9.31. The summed E-state index contributed by atoms with van der Waals surface area (Å²) in [5.74, 6) is 1.56. The zero-order valence-electron chi connectivity index (χ0n) is 10.8. The van der Waals surface area contributed by atoms with Gasteiger partial charge in [0.15, 0.2) is 11.5 Å². The van der Waals surface area contributed by atoms with Crippen molar-refractivity contribution < 1.29 is 14.3 Å². The molecule has 102 valence electrons. The number of hydrogen-bond acceptors (Lipinski definition) is 4. The molecule has 0 bridgehead atoms. The van der Waals surface area contributed by atoms with Crippen LogP contribution in [-0.4, -0.2) is 37.1 Å². The summed E-state index contributed by atoms with van der Waals surface area (Å²) in [7, 11) is 0. The van der Waals surface area contributed by atoms with Crippen LogP contribution in [-0.2, 0) is 4.79 Å². The lowest BCUT2D eigenvalue weighted by atomic mass is 10.0. The standard InChI is InChI=1S/C14H18N2O3/c15-9-13(17)16-6-2-4-11(16)10-3-1-5-12-14(10)19-8-7-18-12/h1,3,5,11H,2,4,6-9,15H2. The molecular formula is C14H18N2O3. The molecular weight excluding hydrogens is 244 g/mol. The zero-order valence-corrected chi connectivity index (χ0v) is 10.8. The number of likely N-dealkylation sites (tertiary alicyclic amines) is 1. The van der Waals surface area contributed by atoms with Gasteiger partial charge in [-0.05, 0) is 18.9 Å². The molecule has 2 aliphatic heterocycles. The number of benzene rings is 1. The number of hydrogen-bond donors (Lipinski definition) is 1. The topological polar surface area (TPSA) is 64.8 Å². The van der Waals surface area contributed by atoms with Gasteiger partial charge in [-0.15, -0.1) is 0 Å². The molecule has 5 nitrogen and oxygen atoms in total. The summed E-state index contributed by atoms with van der Waals surface area (Å²) in [4.78, 5) is 13.7. The van der Waals surface area contributed by atoms with E-state index in [1.807, 2.05) is 23.1 Å². The maximum Gasteiger partial charge on any atom is 0.236 e. The molecule has 1 aromatic carbocycles. The molecule has 19 heavy (non-hydrogen) atoms. The van der Waals surface area contributed by atoms with Gasteiger partial charge >= 0.3 is 0 Å². The fraction of sp³-hybridized carbons (Fsp3) is 0.500. The highest BCUT2D eigenvalue weighted by molar-refractivity contribution is 5.79. The van der Waals surface area contributed by atoms with Crippen molar-refractivity contribution in [2.45, 2.75) is 18.9 Å². The van der Waals surface area contributed by atoms with Crippen LogP contribution in [0.15, 0.2) is 18.2 Å². The van der Waals surface area contributed by atoms with Crippen molar-refractivity contribution in [2.75, 3.05) is 26.3 Å². The van der Waals surface area contributed by atoms with Crippen LogP contribution in [0.1, 0.15) is 24.4 Å². The third-order valence-corrected chi connectivity index (χ3v) is 3.70. The summed E-state index contributed by atoms with van der Waals surface area (Å²) >= 11 is 0. The van der Waals surface area contributed by atoms with E-state index in [0.717, 1.165) is 36.4 Å². The molecule has 5 heteroatoms. The lowest BCUT2D eigenvalue weighted by molar-refractivity contribution is -0.130. The van der Waals surface area contributed by atoms with Gasteiger partial charge in [-0.3, -0.25) is 4.79 Å². The summed E-state index contributed by atoms with van der Waals surface area (Å²) in [6, 6.07) is 5.93. The molecule has 0 aromatic heterocycles. The number of nitrogens with zero attached hydrogens (tertiary/aromatic N) is 1. The van der Waals surface area contributed by atoms with Crippen LogP contribution in [0.2, 0.25) is 0 Å². The van der Waals surface area contributed by atoms with Gasteiger partial charge < -0.3 is 20.1 Å². The molecule has 1 aromatic rings. The Balaban J connectivity index is 1.95. The monoisotopic (exact) mass is 262 g/mol. The quantitative estimate of drug-likeness (QED) is 0.866. The van der Waals surface area contributed by atoms with Crippen LogP contribution in [0, 0.1) is 0 Å². The molecule has 0 radical (unpaired) electrons. The van der Waals surface area contributed by atoms with E-state index in [0.29, 0.717) is 13.2 Å². The van der Waals surface area contributed by atoms with Crippen LogP contribution < -0.4 is 15.2 Å². The highest BCUT2D eigenvalue weighted by Crippen LogP contribution is 2.42. The van der Waals surface area contributed by atoms with E-state index >= 15 is 0 Å². The number of carbonyl (C=O) groups excluding carboxylic acids is 1. The Morgan fingerprint density at radius 3 is 3.05 bits per heavy atom. The maximum atomic E-state index is 11.9. The van der Waals surface area contributed by atoms with Gasteiger partial charge in [0, 0.05) is 12.1 Å². The number of fused-ring (bicyclic) bond motifs is 1. The highest BCUT2D eigenvalue weighted by Gasteiger charge is 2.32. The number of para-hydroxylation sites is 1. The number of ether oxygens (including phenoxy) is 2. The molecule has 0 saturated carbocycles. The zero-order chi connectivity index (χ0) is 13.2. The normalized spacial score (nSPS) is 21.5. The predicted octanol–water partition coefficient (Wildman–Crippen LogP) is 1.08. The van der Waals surface area contributed by atoms with Crippen molar-refractivity contribution >= 4 is 5.91 Å². The minimum atomic E-state index is -0.00293. The largest absolute Gasteiger partial charge is 0.486 e. The Kier molecular flexibility index (Phi) is 3.29. The molecule has 2 N–H and O–H groups in total. The van der Waals surface area contributed by atoms with Gasteiger partial charge in [0.25, 0.3) is 0 Å². The van der Waals surface area contributed by atoms with E-state index in [2.05, 4.69) is 0 Å². The van der Waals surface area contributed by atoms with Gasteiger partial charge in [-0.1, -0.05) is 12.1 Å². The molecule has 3 rings (SSSR count). The molecule has 0 spiro atoms. The summed E-state index contributed by atoms with van der Waals surface area (Å²) in [6.07, 6.45) is 1.95. The number of rotatable bonds is 2. The summed E-state index contributed by atoms with van der Waals surface area (Å²) in [5.41, 5.74) is 6.52. The minimum absolute atomic E-state index is 0.00293. The first kappa shape index (κ1) is 12.3. The van der Waals surface area contributed by atoms with Crippen molar-refractivity contribution in [2.24, 2.45) is 5.73 Å². The first-order valence-electron chi connectivity index (χ1n) is 6.69. The van der Waals surface area contributed by atoms with Crippen LogP contribution in [0.25, 0.3) is 0 Å². The third-order valence-electron chi connectivity index (χ3n) is 3.70. The van der Waals surface area contributed by atoms with Crippen molar-refractivity contribution in [3.8, 4) is 11.5 Å². The second kappa shape index (κ2) is 5.09. The van der Waals surface area contributed by atoms with Crippen molar-refractivity contribution in [1.82, 2.24) is 4.90 Å². The Labute approximate surface area is 112 Å². The maximum absolute atomic E-state index is 11.9. The Hall–Kier alpha value is -1.75. The van der Waals surface area contributed by atoms with Gasteiger partial charge in [0.2, 0.25) is 5.91 Å². The fourth-order valence-electron chi connectivity index (χ4n) is 2.86. The second-order valence-corrected chi connectivity index (χ2v) is 4.82. The number of amides is 1. The molecule has 1 amide bonds. The van der Waals surface area contributed by atoms with Crippen LogP contribution in [0.5, 0.6) is 11.5 Å². The SMILES string of the molecule is NCC(=O)N1CCCC1c1cccc2c1OCCO2. The van der Waals surface area contributed by atoms with Crippen molar-refractivity contribution in [3.63, 3.8) is 0 Å². The van der Waals surface area contributed by atoms with Gasteiger partial charge in [0.1, 0.15) is 13.2 Å². The average molecular weight is 262 g/mol. The molecule has 0 aliphatic carbocycles. The molecule has 1 unspecified atom stereocenters. The van der Waals surface area contributed by atoms with Gasteiger partial charge in [-0.25, -0.2) is 0 Å². The van der Waals surface area contributed by atoms with Gasteiger partial charge in [0.05, 0.1) is 12.6 Å². The van der Waals surface area contributed by atoms with E-state index in [1.165, 1.54) is 0 Å². The summed E-state index contributed by atoms with van der Waals surface area (Å²) in [6.45, 7) is 1.96. The Morgan fingerprint density at radius 2 is 2.21 bits per heavy atom.